The first-order chi connectivity index (χ1) is 11.5. The Hall–Kier alpha value is -1.93. The predicted octanol–water partition coefficient (Wildman–Crippen LogP) is 3.93. The van der Waals surface area contributed by atoms with Crippen molar-refractivity contribution in [2.24, 2.45) is 0 Å². The average Bonchev–Trinajstić information content (AvgIpc) is 2.52. The number of hydrogen-bond acceptors (Lipinski definition) is 6. The molecule has 0 amide bonds. The van der Waals surface area contributed by atoms with Crippen LogP contribution in [0.1, 0.15) is 27.2 Å². The normalized spacial score (nSPS) is 13.2. The molecule has 0 unspecified atom stereocenters. The van der Waals surface area contributed by atoms with Crippen molar-refractivity contribution in [3.05, 3.63) is 34.4 Å². The highest BCUT2D eigenvalue weighted by atomic mass is 28.4. The smallest absolute Gasteiger partial charge is 0.347 e. The zero-order valence-corrected chi connectivity index (χ0v) is 16.7. The summed E-state index contributed by atoms with van der Waals surface area (Å²) < 4.78 is 16.4. The van der Waals surface area contributed by atoms with Crippen molar-refractivity contribution in [1.29, 1.82) is 0 Å². The van der Waals surface area contributed by atoms with Gasteiger partial charge in [0.1, 0.15) is 5.75 Å². The van der Waals surface area contributed by atoms with Crippen molar-refractivity contribution in [1.82, 2.24) is 0 Å². The first kappa shape index (κ1) is 21.1. The Morgan fingerprint density at radius 1 is 1.32 bits per heavy atom. The summed E-state index contributed by atoms with van der Waals surface area (Å²) in [6.07, 6.45) is -0.571. The number of nitro benzene ring substituents is 1. The molecule has 0 heterocycles. The van der Waals surface area contributed by atoms with Crippen LogP contribution in [0.15, 0.2) is 24.3 Å². The summed E-state index contributed by atoms with van der Waals surface area (Å²) in [5, 5.41) is 10.9. The minimum absolute atomic E-state index is 0.0641. The van der Waals surface area contributed by atoms with Gasteiger partial charge in [0.05, 0.1) is 18.1 Å². The number of nitro groups is 1. The maximum Gasteiger partial charge on any atom is 0.347 e. The number of carbonyl (C=O) groups is 1. The van der Waals surface area contributed by atoms with E-state index in [2.05, 4.69) is 33.9 Å². The maximum atomic E-state index is 12.0. The van der Waals surface area contributed by atoms with E-state index in [1.165, 1.54) is 25.3 Å². The molecular formula is C17H27NO6Si. The van der Waals surface area contributed by atoms with Gasteiger partial charge in [-0.2, -0.15) is 0 Å². The number of esters is 1. The molecule has 0 saturated heterocycles. The van der Waals surface area contributed by atoms with Crippen LogP contribution in [0, 0.1) is 10.1 Å². The van der Waals surface area contributed by atoms with Gasteiger partial charge >= 0.3 is 5.97 Å². The third-order valence-electron chi connectivity index (χ3n) is 4.42. The summed E-state index contributed by atoms with van der Waals surface area (Å²) >= 11 is 0. The molecule has 0 spiro atoms. The molecule has 0 N–H and O–H groups in total. The molecule has 1 atom stereocenters. The number of ether oxygens (including phenoxy) is 2. The van der Waals surface area contributed by atoms with Crippen molar-refractivity contribution in [3.63, 3.8) is 0 Å². The van der Waals surface area contributed by atoms with Crippen LogP contribution in [0.3, 0.4) is 0 Å². The fourth-order valence-electron chi connectivity index (χ4n) is 1.83. The summed E-state index contributed by atoms with van der Waals surface area (Å²) in [7, 11) is -0.651. The SMILES string of the molecule is COC(=O)[C@H](CCO[Si](C)(C)C(C)(C)C)Oc1cccc([N+](=O)[O-])c1. The molecule has 0 aliphatic rings. The van der Waals surface area contributed by atoms with Crippen LogP contribution in [-0.2, 0) is 14.0 Å². The molecule has 1 aromatic rings. The molecule has 0 aliphatic heterocycles. The Morgan fingerprint density at radius 2 is 1.96 bits per heavy atom. The highest BCUT2D eigenvalue weighted by Gasteiger charge is 2.37. The highest BCUT2D eigenvalue weighted by molar-refractivity contribution is 6.74. The molecule has 0 fully saturated rings. The summed E-state index contributed by atoms with van der Waals surface area (Å²) in [6, 6.07) is 5.72. The van der Waals surface area contributed by atoms with E-state index in [-0.39, 0.29) is 16.5 Å². The fourth-order valence-corrected chi connectivity index (χ4v) is 2.89. The molecule has 0 bridgehead atoms. The predicted molar refractivity (Wildman–Crippen MR) is 97.3 cm³/mol. The van der Waals surface area contributed by atoms with Gasteiger partial charge < -0.3 is 13.9 Å². The zero-order valence-electron chi connectivity index (χ0n) is 15.7. The molecule has 1 aromatic carbocycles. The number of benzene rings is 1. The van der Waals surface area contributed by atoms with E-state index < -0.39 is 25.3 Å². The molecule has 0 aromatic heterocycles. The van der Waals surface area contributed by atoms with Crippen LogP contribution < -0.4 is 4.74 Å². The Bertz CT molecular complexity index is 611. The van der Waals surface area contributed by atoms with Gasteiger partial charge in [0.25, 0.3) is 5.69 Å². The fraction of sp³-hybridized carbons (Fsp3) is 0.588. The topological polar surface area (TPSA) is 87.9 Å². The van der Waals surface area contributed by atoms with Gasteiger partial charge in [-0.05, 0) is 24.2 Å². The first-order valence-corrected chi connectivity index (χ1v) is 11.0. The van der Waals surface area contributed by atoms with Crippen molar-refractivity contribution in [3.8, 4) is 5.75 Å². The summed E-state index contributed by atoms with van der Waals surface area (Å²) in [5.41, 5.74) is -0.0985. The van der Waals surface area contributed by atoms with Crippen LogP contribution in [0.25, 0.3) is 0 Å². The molecular weight excluding hydrogens is 342 g/mol. The number of nitrogens with zero attached hydrogens (tertiary/aromatic N) is 1. The lowest BCUT2D eigenvalue weighted by Crippen LogP contribution is -2.42. The van der Waals surface area contributed by atoms with Crippen LogP contribution in [0.4, 0.5) is 5.69 Å². The molecule has 25 heavy (non-hydrogen) atoms. The zero-order chi connectivity index (χ0) is 19.3. The molecule has 8 heteroatoms. The van der Waals surface area contributed by atoms with Crippen molar-refractivity contribution < 1.29 is 23.6 Å². The second kappa shape index (κ2) is 8.44. The highest BCUT2D eigenvalue weighted by Crippen LogP contribution is 2.36. The largest absolute Gasteiger partial charge is 0.478 e. The number of carbonyl (C=O) groups excluding carboxylic acids is 1. The van der Waals surface area contributed by atoms with Crippen molar-refractivity contribution in [2.75, 3.05) is 13.7 Å². The van der Waals surface area contributed by atoms with E-state index in [9.17, 15) is 14.9 Å². The molecule has 1 rings (SSSR count). The van der Waals surface area contributed by atoms with Gasteiger partial charge in [-0.3, -0.25) is 10.1 Å². The number of rotatable bonds is 8. The van der Waals surface area contributed by atoms with Crippen LogP contribution >= 0.6 is 0 Å². The van der Waals surface area contributed by atoms with E-state index in [4.69, 9.17) is 13.9 Å². The number of hydrogen-bond donors (Lipinski definition) is 0. The minimum atomic E-state index is -1.93. The van der Waals surface area contributed by atoms with Gasteiger partial charge in [-0.15, -0.1) is 0 Å². The molecule has 0 aliphatic carbocycles. The molecule has 7 nitrogen and oxygen atoms in total. The monoisotopic (exact) mass is 369 g/mol. The summed E-state index contributed by atoms with van der Waals surface area (Å²) in [5.74, 6) is -0.290. The Labute approximate surface area is 149 Å². The van der Waals surface area contributed by atoms with E-state index in [1.807, 2.05) is 0 Å². The standard InChI is InChI=1S/C17H27NO6Si/c1-17(2,3)25(5,6)23-11-10-15(16(19)22-4)24-14-9-7-8-13(12-14)18(20)21/h7-9,12,15H,10-11H2,1-6H3/t15-/m0/s1. The third-order valence-corrected chi connectivity index (χ3v) is 8.96. The van der Waals surface area contributed by atoms with Gasteiger partial charge in [0, 0.05) is 19.1 Å². The average molecular weight is 369 g/mol. The van der Waals surface area contributed by atoms with Crippen LogP contribution in [-0.4, -0.2) is 39.0 Å². The van der Waals surface area contributed by atoms with Crippen LogP contribution in [0.5, 0.6) is 5.75 Å². The quantitative estimate of drug-likeness (QED) is 0.299. The van der Waals surface area contributed by atoms with Crippen LogP contribution in [0.2, 0.25) is 18.1 Å². The first-order valence-electron chi connectivity index (χ1n) is 8.11. The van der Waals surface area contributed by atoms with Gasteiger partial charge in [-0.25, -0.2) is 4.79 Å². The Balaban J connectivity index is 2.77. The van der Waals surface area contributed by atoms with Gasteiger partial charge in [0.2, 0.25) is 0 Å². The van der Waals surface area contributed by atoms with E-state index in [0.717, 1.165) is 0 Å². The molecule has 140 valence electrons. The van der Waals surface area contributed by atoms with E-state index >= 15 is 0 Å². The number of non-ortho nitro benzene ring substituents is 1. The Kier molecular flexibility index (Phi) is 7.13. The summed E-state index contributed by atoms with van der Waals surface area (Å²) in [4.78, 5) is 22.3. The van der Waals surface area contributed by atoms with E-state index in [0.29, 0.717) is 13.0 Å². The van der Waals surface area contributed by atoms with Gasteiger partial charge in [-0.1, -0.05) is 26.8 Å². The molecule has 0 saturated carbocycles. The van der Waals surface area contributed by atoms with Gasteiger partial charge in [0.15, 0.2) is 14.4 Å². The third kappa shape index (κ3) is 6.13. The minimum Gasteiger partial charge on any atom is -0.478 e. The number of methoxy groups -OCH3 is 1. The maximum absolute atomic E-state index is 12.0. The second-order valence-electron chi connectivity index (χ2n) is 7.28. The van der Waals surface area contributed by atoms with Crippen molar-refractivity contribution >= 4 is 20.0 Å². The second-order valence-corrected chi connectivity index (χ2v) is 12.1. The Morgan fingerprint density at radius 3 is 2.48 bits per heavy atom. The van der Waals surface area contributed by atoms with E-state index in [1.54, 1.807) is 6.07 Å². The van der Waals surface area contributed by atoms with Crippen molar-refractivity contribution in [2.45, 2.75) is 51.4 Å². The lowest BCUT2D eigenvalue weighted by Gasteiger charge is -2.36. The lowest BCUT2D eigenvalue weighted by atomic mass is 10.2. The summed E-state index contributed by atoms with van der Waals surface area (Å²) in [6.45, 7) is 11.0. The molecule has 0 radical (unpaired) electrons. The lowest BCUT2D eigenvalue weighted by molar-refractivity contribution is -0.384.